The summed E-state index contributed by atoms with van der Waals surface area (Å²) in [7, 11) is 2.96. The molecule has 2 heterocycles. The molecule has 0 spiro atoms. The van der Waals surface area contributed by atoms with Crippen molar-refractivity contribution in [1.82, 2.24) is 9.97 Å². The number of H-pyrrole nitrogens is 1. The number of esters is 1. The molecule has 8 nitrogen and oxygen atoms in total. The number of hydrogen-bond donors (Lipinski definition) is 2. The highest BCUT2D eigenvalue weighted by Crippen LogP contribution is 2.31. The van der Waals surface area contributed by atoms with Crippen LogP contribution in [0.3, 0.4) is 0 Å². The van der Waals surface area contributed by atoms with Crippen LogP contribution >= 0.6 is 22.9 Å². The molecule has 2 aromatic heterocycles. The minimum absolute atomic E-state index is 0.0434. The van der Waals surface area contributed by atoms with Crippen LogP contribution in [0.4, 0.5) is 0 Å². The highest BCUT2D eigenvalue weighted by atomic mass is 35.5. The molecule has 1 aromatic carbocycles. The molecule has 0 aliphatic carbocycles. The Labute approximate surface area is 180 Å². The van der Waals surface area contributed by atoms with Gasteiger partial charge in [-0.25, -0.2) is 9.78 Å². The Balaban J connectivity index is 1.97. The van der Waals surface area contributed by atoms with E-state index in [1.807, 2.05) is 0 Å². The molecule has 2 N–H and O–H groups in total. The molecule has 3 aromatic rings. The zero-order chi connectivity index (χ0) is 21.8. The normalized spacial score (nSPS) is 11.7. The van der Waals surface area contributed by atoms with Crippen molar-refractivity contribution in [2.24, 2.45) is 0 Å². The summed E-state index contributed by atoms with van der Waals surface area (Å²) < 4.78 is 15.0. The van der Waals surface area contributed by atoms with E-state index < -0.39 is 11.5 Å². The summed E-state index contributed by atoms with van der Waals surface area (Å²) >= 11 is 7.41. The summed E-state index contributed by atoms with van der Waals surface area (Å²) in [5.41, 5.74) is 0.674. The third-order valence-corrected chi connectivity index (χ3v) is 5.68. The second kappa shape index (κ2) is 9.29. The van der Waals surface area contributed by atoms with E-state index in [2.05, 4.69) is 9.97 Å². The van der Waals surface area contributed by atoms with Crippen LogP contribution in [0.5, 0.6) is 11.5 Å². The molecule has 0 radical (unpaired) electrons. The number of thiophene rings is 1. The monoisotopic (exact) mass is 450 g/mol. The molecule has 0 saturated heterocycles. The number of carbonyl (C=O) groups is 1. The van der Waals surface area contributed by atoms with Crippen LogP contribution in [0.15, 0.2) is 23.0 Å². The molecule has 0 atom stereocenters. The van der Waals surface area contributed by atoms with E-state index in [1.165, 1.54) is 20.3 Å². The lowest BCUT2D eigenvalue weighted by Gasteiger charge is -2.04. The van der Waals surface area contributed by atoms with Gasteiger partial charge < -0.3 is 24.3 Å². The average Bonchev–Trinajstić information content (AvgIpc) is 3.05. The van der Waals surface area contributed by atoms with Gasteiger partial charge in [-0.1, -0.05) is 17.7 Å². The summed E-state index contributed by atoms with van der Waals surface area (Å²) in [6.07, 6.45) is 1.55. The fourth-order valence-electron chi connectivity index (χ4n) is 2.75. The van der Waals surface area contributed by atoms with Crippen LogP contribution in [0.1, 0.15) is 26.6 Å². The Morgan fingerprint density at radius 3 is 2.77 bits per heavy atom. The van der Waals surface area contributed by atoms with Crippen LogP contribution in [-0.4, -0.2) is 48.5 Å². The van der Waals surface area contributed by atoms with Gasteiger partial charge in [0.1, 0.15) is 16.3 Å². The topological polar surface area (TPSA) is 111 Å². The molecule has 30 heavy (non-hydrogen) atoms. The number of aromatic nitrogens is 2. The van der Waals surface area contributed by atoms with Gasteiger partial charge in [0.2, 0.25) is 0 Å². The molecule has 0 unspecified atom stereocenters. The molecule has 0 aliphatic rings. The Bertz CT molecular complexity index is 1180. The molecule has 0 amide bonds. The van der Waals surface area contributed by atoms with Crippen molar-refractivity contribution in [2.75, 3.05) is 27.4 Å². The van der Waals surface area contributed by atoms with Gasteiger partial charge >= 0.3 is 5.97 Å². The Morgan fingerprint density at radius 1 is 1.33 bits per heavy atom. The lowest BCUT2D eigenvalue weighted by Crippen LogP contribution is -2.11. The van der Waals surface area contributed by atoms with Gasteiger partial charge in [0.25, 0.3) is 5.56 Å². The van der Waals surface area contributed by atoms with Crippen molar-refractivity contribution in [3.05, 3.63) is 50.4 Å². The number of rotatable bonds is 7. The Morgan fingerprint density at radius 2 is 2.10 bits per heavy atom. The smallest absolute Gasteiger partial charge is 0.348 e. The predicted octanol–water partition coefficient (Wildman–Crippen LogP) is 3.55. The lowest BCUT2D eigenvalue weighted by atomic mass is 10.2. The summed E-state index contributed by atoms with van der Waals surface area (Å²) in [5, 5.41) is 10.4. The zero-order valence-corrected chi connectivity index (χ0v) is 18.0. The predicted molar refractivity (Wildman–Crippen MR) is 116 cm³/mol. The van der Waals surface area contributed by atoms with E-state index in [-0.39, 0.29) is 29.8 Å². The van der Waals surface area contributed by atoms with E-state index in [4.69, 9.17) is 25.8 Å². The van der Waals surface area contributed by atoms with E-state index in [9.17, 15) is 14.7 Å². The molecule has 3 rings (SSSR count). The number of phenols is 1. The summed E-state index contributed by atoms with van der Waals surface area (Å²) in [4.78, 5) is 32.6. The Kier molecular flexibility index (Phi) is 6.76. The number of phenolic OH excluding ortho intramolecular Hbond substituents is 1. The van der Waals surface area contributed by atoms with Crippen LogP contribution in [0.2, 0.25) is 0 Å². The van der Waals surface area contributed by atoms with Crippen molar-refractivity contribution < 1.29 is 24.1 Å². The molecule has 10 heteroatoms. The second-order valence-electron chi connectivity index (χ2n) is 6.20. The van der Waals surface area contributed by atoms with Gasteiger partial charge in [-0.3, -0.25) is 4.79 Å². The summed E-state index contributed by atoms with van der Waals surface area (Å²) in [6, 6.07) is 4.76. The Hall–Kier alpha value is -2.88. The van der Waals surface area contributed by atoms with Crippen molar-refractivity contribution in [1.29, 1.82) is 0 Å². The number of carbonyl (C=O) groups excluding carboxylic acids is 1. The number of aryl methyl sites for hydroxylation is 1. The SMILES string of the molecule is COCCOC(=O)c1sc2nc(C(Cl)=Cc3ccc(OC)c(O)c3)[nH]c(=O)c2c1C. The molecule has 0 fully saturated rings. The number of hydrogen-bond acceptors (Lipinski definition) is 8. The van der Waals surface area contributed by atoms with Gasteiger partial charge in [-0.2, -0.15) is 0 Å². The lowest BCUT2D eigenvalue weighted by molar-refractivity contribution is 0.0393. The third-order valence-electron chi connectivity index (χ3n) is 4.23. The number of benzene rings is 1. The minimum Gasteiger partial charge on any atom is -0.504 e. The number of aromatic hydroxyl groups is 1. The summed E-state index contributed by atoms with van der Waals surface area (Å²) in [5.74, 6) is -0.109. The van der Waals surface area contributed by atoms with E-state index in [0.717, 1.165) is 11.3 Å². The second-order valence-corrected chi connectivity index (χ2v) is 7.61. The highest BCUT2D eigenvalue weighted by molar-refractivity contribution is 7.20. The molecule has 158 valence electrons. The van der Waals surface area contributed by atoms with Crippen molar-refractivity contribution in [3.8, 4) is 11.5 Å². The number of halogens is 1. The van der Waals surface area contributed by atoms with Gasteiger partial charge in [0.15, 0.2) is 17.3 Å². The maximum Gasteiger partial charge on any atom is 0.348 e. The standard InChI is InChI=1S/C20H19ClN2O6S/c1-10-15-18(25)22-17(12(21)8-11-4-5-14(28-3)13(24)9-11)23-19(15)30-16(10)20(26)29-7-6-27-2/h4-5,8-9,24H,6-7H2,1-3H3,(H,22,23,25). The zero-order valence-electron chi connectivity index (χ0n) is 16.4. The number of fused-ring (bicyclic) bond motifs is 1. The van der Waals surface area contributed by atoms with E-state index in [1.54, 1.807) is 25.1 Å². The number of methoxy groups -OCH3 is 2. The first-order valence-corrected chi connectivity index (χ1v) is 9.99. The first-order chi connectivity index (χ1) is 14.3. The van der Waals surface area contributed by atoms with E-state index >= 15 is 0 Å². The first kappa shape index (κ1) is 21.8. The minimum atomic E-state index is -0.538. The maximum atomic E-state index is 12.6. The summed E-state index contributed by atoms with van der Waals surface area (Å²) in [6.45, 7) is 2.06. The van der Waals surface area contributed by atoms with E-state index in [0.29, 0.717) is 32.0 Å². The fourth-order valence-corrected chi connectivity index (χ4v) is 4.04. The number of ether oxygens (including phenoxy) is 3. The van der Waals surface area contributed by atoms with Gasteiger partial charge in [0, 0.05) is 7.11 Å². The molecule has 0 bridgehead atoms. The van der Waals surface area contributed by atoms with Crippen LogP contribution in [0, 0.1) is 6.92 Å². The third kappa shape index (κ3) is 4.48. The van der Waals surface area contributed by atoms with Crippen LogP contribution < -0.4 is 10.3 Å². The highest BCUT2D eigenvalue weighted by Gasteiger charge is 2.21. The average molecular weight is 451 g/mol. The largest absolute Gasteiger partial charge is 0.504 e. The quantitative estimate of drug-likeness (QED) is 0.418. The van der Waals surface area contributed by atoms with Crippen LogP contribution in [-0.2, 0) is 9.47 Å². The van der Waals surface area contributed by atoms with Crippen LogP contribution in [0.25, 0.3) is 21.3 Å². The first-order valence-electron chi connectivity index (χ1n) is 8.79. The fraction of sp³-hybridized carbons (Fsp3) is 0.250. The number of aromatic amines is 1. The maximum absolute atomic E-state index is 12.6. The molecular weight excluding hydrogens is 432 g/mol. The van der Waals surface area contributed by atoms with Gasteiger partial charge in [-0.15, -0.1) is 11.3 Å². The number of nitrogens with zero attached hydrogens (tertiary/aromatic N) is 1. The van der Waals surface area contributed by atoms with Crippen molar-refractivity contribution in [3.63, 3.8) is 0 Å². The van der Waals surface area contributed by atoms with Gasteiger partial charge in [0.05, 0.1) is 24.1 Å². The molecule has 0 aliphatic heterocycles. The molecule has 0 saturated carbocycles. The number of nitrogens with one attached hydrogen (secondary N) is 1. The van der Waals surface area contributed by atoms with Crippen molar-refractivity contribution >= 4 is 50.2 Å². The molecular formula is C20H19ClN2O6S. The van der Waals surface area contributed by atoms with Gasteiger partial charge in [-0.05, 0) is 36.3 Å². The van der Waals surface area contributed by atoms with Crippen molar-refractivity contribution in [2.45, 2.75) is 6.92 Å².